The van der Waals surface area contributed by atoms with Crippen LogP contribution in [0.3, 0.4) is 0 Å². The summed E-state index contributed by atoms with van der Waals surface area (Å²) in [4.78, 5) is 30.3. The van der Waals surface area contributed by atoms with E-state index >= 15 is 0 Å². The van der Waals surface area contributed by atoms with Crippen molar-refractivity contribution in [3.05, 3.63) is 29.0 Å². The molecular weight excluding hydrogens is 352 g/mol. The average Bonchev–Trinajstić information content (AvgIpc) is 3.29. The van der Waals surface area contributed by atoms with E-state index in [0.29, 0.717) is 24.6 Å². The summed E-state index contributed by atoms with van der Waals surface area (Å²) in [5, 5.41) is 12.8. The van der Waals surface area contributed by atoms with Gasteiger partial charge in [0.15, 0.2) is 5.13 Å². The smallest absolute Gasteiger partial charge is 0.243 e. The largest absolute Gasteiger partial charge is 0.350 e. The zero-order valence-corrected chi connectivity index (χ0v) is 15.9. The zero-order valence-electron chi connectivity index (χ0n) is 15.1. The Balaban J connectivity index is 1.63. The number of carbonyl (C=O) groups is 2. The van der Waals surface area contributed by atoms with Crippen LogP contribution in [0.4, 0.5) is 5.13 Å². The molecule has 140 valence electrons. The third kappa shape index (κ3) is 4.28. The summed E-state index contributed by atoms with van der Waals surface area (Å²) < 4.78 is 1.97. The van der Waals surface area contributed by atoms with Crippen LogP contribution in [0.15, 0.2) is 17.6 Å². The van der Waals surface area contributed by atoms with E-state index < -0.39 is 0 Å². The number of aromatic nitrogens is 3. The first-order valence-corrected chi connectivity index (χ1v) is 9.75. The van der Waals surface area contributed by atoms with Gasteiger partial charge in [0.25, 0.3) is 0 Å². The quantitative estimate of drug-likeness (QED) is 0.766. The number of amides is 2. The molecule has 8 nitrogen and oxygen atoms in total. The molecule has 2 aromatic heterocycles. The van der Waals surface area contributed by atoms with Crippen LogP contribution in [0.2, 0.25) is 0 Å². The van der Waals surface area contributed by atoms with Gasteiger partial charge in [-0.3, -0.25) is 19.2 Å². The first-order valence-electron chi connectivity index (χ1n) is 8.87. The second kappa shape index (κ2) is 8.41. The van der Waals surface area contributed by atoms with Gasteiger partial charge >= 0.3 is 0 Å². The molecule has 1 aliphatic rings. The van der Waals surface area contributed by atoms with Crippen LogP contribution in [0.5, 0.6) is 0 Å². The molecule has 0 saturated carbocycles. The molecule has 0 aliphatic carbocycles. The van der Waals surface area contributed by atoms with Crippen molar-refractivity contribution in [2.45, 2.75) is 52.4 Å². The van der Waals surface area contributed by atoms with E-state index in [2.05, 4.69) is 25.6 Å². The van der Waals surface area contributed by atoms with E-state index in [-0.39, 0.29) is 17.9 Å². The summed E-state index contributed by atoms with van der Waals surface area (Å²) in [6, 6.07) is 1.80. The number of carbonyl (C=O) groups excluding carboxylic acids is 2. The van der Waals surface area contributed by atoms with Gasteiger partial charge in [-0.05, 0) is 12.5 Å². The molecular formula is C17H24N6O2S. The van der Waals surface area contributed by atoms with Gasteiger partial charge < -0.3 is 10.6 Å². The number of fused-ring (bicyclic) bond motifs is 1. The van der Waals surface area contributed by atoms with Gasteiger partial charge in [0.2, 0.25) is 11.8 Å². The van der Waals surface area contributed by atoms with Crippen molar-refractivity contribution < 1.29 is 9.59 Å². The van der Waals surface area contributed by atoms with Crippen LogP contribution in [0.1, 0.15) is 38.1 Å². The molecule has 26 heavy (non-hydrogen) atoms. The molecule has 3 rings (SSSR count). The fourth-order valence-corrected chi connectivity index (χ4v) is 3.63. The topological polar surface area (TPSA) is 92.2 Å². The van der Waals surface area contributed by atoms with Crippen LogP contribution < -0.4 is 10.6 Å². The van der Waals surface area contributed by atoms with Crippen molar-refractivity contribution >= 4 is 28.3 Å². The highest BCUT2D eigenvalue weighted by Crippen LogP contribution is 2.19. The van der Waals surface area contributed by atoms with Crippen molar-refractivity contribution in [1.82, 2.24) is 25.0 Å². The number of hydrogen-bond donors (Lipinski definition) is 2. The molecule has 9 heteroatoms. The van der Waals surface area contributed by atoms with Crippen molar-refractivity contribution in [3.8, 4) is 0 Å². The Hall–Kier alpha value is -2.26. The fourth-order valence-electron chi connectivity index (χ4n) is 3.10. The predicted octanol–water partition coefficient (Wildman–Crippen LogP) is 1.60. The SMILES string of the molecule is CCC(=O)NCc1cc2n(n1)CCN(C(CC)C(=O)Nc1nccs1)C2. The van der Waals surface area contributed by atoms with Gasteiger partial charge in [-0.1, -0.05) is 13.8 Å². The highest BCUT2D eigenvalue weighted by atomic mass is 32.1. The molecule has 1 aliphatic heterocycles. The Bertz CT molecular complexity index is 757. The first-order chi connectivity index (χ1) is 12.6. The highest BCUT2D eigenvalue weighted by molar-refractivity contribution is 7.13. The van der Waals surface area contributed by atoms with E-state index in [1.54, 1.807) is 6.20 Å². The Morgan fingerprint density at radius 1 is 1.35 bits per heavy atom. The molecule has 0 radical (unpaired) electrons. The molecule has 2 aromatic rings. The second-order valence-electron chi connectivity index (χ2n) is 6.20. The maximum absolute atomic E-state index is 12.6. The Kier molecular flexibility index (Phi) is 6.00. The number of hydrogen-bond acceptors (Lipinski definition) is 6. The van der Waals surface area contributed by atoms with Crippen LogP contribution >= 0.6 is 11.3 Å². The molecule has 1 unspecified atom stereocenters. The lowest BCUT2D eigenvalue weighted by Gasteiger charge is -2.33. The molecule has 0 saturated heterocycles. The van der Waals surface area contributed by atoms with E-state index in [9.17, 15) is 9.59 Å². The first kappa shape index (κ1) is 18.5. The van der Waals surface area contributed by atoms with Crippen LogP contribution in [-0.2, 0) is 29.2 Å². The Labute approximate surface area is 156 Å². The number of nitrogens with zero attached hydrogens (tertiary/aromatic N) is 4. The average molecular weight is 376 g/mol. The van der Waals surface area contributed by atoms with Gasteiger partial charge in [-0.25, -0.2) is 4.98 Å². The van der Waals surface area contributed by atoms with Gasteiger partial charge in [0.1, 0.15) is 0 Å². The summed E-state index contributed by atoms with van der Waals surface area (Å²) in [6.45, 7) is 6.45. The minimum absolute atomic E-state index is 0.0162. The van der Waals surface area contributed by atoms with E-state index in [1.165, 1.54) is 11.3 Å². The molecule has 3 heterocycles. The minimum Gasteiger partial charge on any atom is -0.350 e. The Morgan fingerprint density at radius 3 is 2.88 bits per heavy atom. The molecule has 2 amide bonds. The normalized spacial score (nSPS) is 15.3. The third-order valence-corrected chi connectivity index (χ3v) is 5.15. The fraction of sp³-hybridized carbons (Fsp3) is 0.529. The summed E-state index contributed by atoms with van der Waals surface area (Å²) in [6.07, 6.45) is 2.87. The van der Waals surface area contributed by atoms with Crippen LogP contribution in [-0.4, -0.2) is 44.1 Å². The summed E-state index contributed by atoms with van der Waals surface area (Å²) in [7, 11) is 0. The zero-order chi connectivity index (χ0) is 18.5. The maximum Gasteiger partial charge on any atom is 0.243 e. The summed E-state index contributed by atoms with van der Waals surface area (Å²) >= 11 is 1.42. The molecule has 0 fully saturated rings. The van der Waals surface area contributed by atoms with Crippen molar-refractivity contribution in [2.75, 3.05) is 11.9 Å². The molecule has 0 aromatic carbocycles. The number of thiazole rings is 1. The van der Waals surface area contributed by atoms with E-state index in [4.69, 9.17) is 0 Å². The minimum atomic E-state index is -0.203. The Morgan fingerprint density at radius 2 is 2.19 bits per heavy atom. The standard InChI is InChI=1S/C17H24N6O2S/c1-3-14(16(25)20-17-18-5-8-26-17)22-6-7-23-13(11-22)9-12(21-23)10-19-15(24)4-2/h5,8-9,14H,3-4,6-7,10-11H2,1-2H3,(H,19,24)(H,18,20,25). The van der Waals surface area contributed by atoms with E-state index in [1.807, 2.05) is 30.0 Å². The highest BCUT2D eigenvalue weighted by Gasteiger charge is 2.29. The van der Waals surface area contributed by atoms with Crippen LogP contribution in [0, 0.1) is 0 Å². The maximum atomic E-state index is 12.6. The lowest BCUT2D eigenvalue weighted by atomic mass is 10.1. The van der Waals surface area contributed by atoms with E-state index in [0.717, 1.165) is 30.9 Å². The summed E-state index contributed by atoms with van der Waals surface area (Å²) in [5.41, 5.74) is 1.92. The van der Waals surface area contributed by atoms with Gasteiger partial charge in [-0.2, -0.15) is 5.10 Å². The van der Waals surface area contributed by atoms with Crippen molar-refractivity contribution in [3.63, 3.8) is 0 Å². The van der Waals surface area contributed by atoms with Gasteiger partial charge in [0, 0.05) is 31.1 Å². The van der Waals surface area contributed by atoms with Gasteiger partial charge in [-0.15, -0.1) is 11.3 Å². The van der Waals surface area contributed by atoms with Crippen LogP contribution in [0.25, 0.3) is 0 Å². The number of nitrogens with one attached hydrogen (secondary N) is 2. The van der Waals surface area contributed by atoms with Crippen molar-refractivity contribution in [2.24, 2.45) is 0 Å². The molecule has 0 bridgehead atoms. The number of anilines is 1. The van der Waals surface area contributed by atoms with Crippen molar-refractivity contribution in [1.29, 1.82) is 0 Å². The number of rotatable bonds is 7. The monoisotopic (exact) mass is 376 g/mol. The molecule has 1 atom stereocenters. The molecule has 2 N–H and O–H groups in total. The third-order valence-electron chi connectivity index (χ3n) is 4.46. The summed E-state index contributed by atoms with van der Waals surface area (Å²) in [5.74, 6) is -0.00616. The predicted molar refractivity (Wildman–Crippen MR) is 99.6 cm³/mol. The molecule has 0 spiro atoms. The lowest BCUT2D eigenvalue weighted by Crippen LogP contribution is -2.47. The lowest BCUT2D eigenvalue weighted by molar-refractivity contribution is -0.122. The second-order valence-corrected chi connectivity index (χ2v) is 7.10. The van der Waals surface area contributed by atoms with Gasteiger partial charge in [0.05, 0.1) is 30.5 Å².